The number of ether oxygens (including phenoxy) is 1. The normalized spacial score (nSPS) is 10.7. The van der Waals surface area contributed by atoms with Crippen molar-refractivity contribution in [1.29, 1.82) is 5.26 Å². The largest absolute Gasteiger partial charge is 0.452 e. The zero-order valence-corrected chi connectivity index (χ0v) is 16.2. The van der Waals surface area contributed by atoms with E-state index in [0.29, 0.717) is 11.3 Å². The zero-order chi connectivity index (χ0) is 20.6. The van der Waals surface area contributed by atoms with Crippen LogP contribution in [0.2, 0.25) is 0 Å². The van der Waals surface area contributed by atoms with Crippen LogP contribution in [-0.2, 0) is 25.1 Å². The van der Waals surface area contributed by atoms with E-state index in [-0.39, 0.29) is 24.3 Å². The molecule has 0 aromatic heterocycles. The molecule has 0 atom stereocenters. The summed E-state index contributed by atoms with van der Waals surface area (Å²) in [4.78, 5) is 26.0. The van der Waals surface area contributed by atoms with E-state index in [1.165, 1.54) is 29.2 Å². The molecule has 2 rings (SSSR count). The van der Waals surface area contributed by atoms with Crippen LogP contribution >= 0.6 is 0 Å². The maximum Gasteiger partial charge on any atom is 0.338 e. The van der Waals surface area contributed by atoms with Crippen molar-refractivity contribution in [2.45, 2.75) is 12.2 Å². The van der Waals surface area contributed by atoms with E-state index in [4.69, 9.17) is 10.00 Å². The quantitative estimate of drug-likeness (QED) is 0.630. The van der Waals surface area contributed by atoms with E-state index in [9.17, 15) is 18.0 Å². The van der Waals surface area contributed by atoms with Crippen LogP contribution in [-0.4, -0.2) is 39.7 Å². The van der Waals surface area contributed by atoms with Crippen molar-refractivity contribution in [3.63, 3.8) is 0 Å². The molecule has 0 fully saturated rings. The fourth-order valence-electron chi connectivity index (χ4n) is 2.50. The second-order valence-corrected chi connectivity index (χ2v) is 8.27. The Labute approximate surface area is 164 Å². The van der Waals surface area contributed by atoms with Crippen LogP contribution in [0.5, 0.6) is 0 Å². The fourth-order valence-corrected chi connectivity index (χ4v) is 3.29. The van der Waals surface area contributed by atoms with Crippen molar-refractivity contribution in [2.24, 2.45) is 0 Å². The van der Waals surface area contributed by atoms with Crippen molar-refractivity contribution in [1.82, 2.24) is 0 Å². The lowest BCUT2D eigenvalue weighted by Gasteiger charge is -2.21. The summed E-state index contributed by atoms with van der Waals surface area (Å²) >= 11 is 0. The van der Waals surface area contributed by atoms with Crippen molar-refractivity contribution in [3.8, 4) is 6.07 Å². The number of para-hydroxylation sites is 1. The number of amides is 1. The minimum Gasteiger partial charge on any atom is -0.452 e. The lowest BCUT2D eigenvalue weighted by atomic mass is 10.1. The first kappa shape index (κ1) is 21.1. The Morgan fingerprint density at radius 1 is 1.07 bits per heavy atom. The van der Waals surface area contributed by atoms with Crippen LogP contribution in [0.4, 0.5) is 5.69 Å². The number of carbonyl (C=O) groups is 2. The third-order valence-electron chi connectivity index (χ3n) is 3.76. The molecule has 146 valence electrons. The van der Waals surface area contributed by atoms with Gasteiger partial charge in [-0.05, 0) is 29.8 Å². The second-order valence-electron chi connectivity index (χ2n) is 6.13. The highest BCUT2D eigenvalue weighted by Crippen LogP contribution is 2.14. The van der Waals surface area contributed by atoms with Gasteiger partial charge in [-0.2, -0.15) is 5.26 Å². The van der Waals surface area contributed by atoms with Gasteiger partial charge >= 0.3 is 5.97 Å². The van der Waals surface area contributed by atoms with Crippen molar-refractivity contribution in [3.05, 3.63) is 65.7 Å². The topological polar surface area (TPSA) is 105 Å². The maximum absolute atomic E-state index is 12.5. The molecule has 0 saturated carbocycles. The van der Waals surface area contributed by atoms with E-state index < -0.39 is 28.3 Å². The Balaban J connectivity index is 2.00. The molecule has 0 radical (unpaired) electrons. The Bertz CT molecular complexity index is 964. The Kier molecular flexibility index (Phi) is 7.29. The monoisotopic (exact) mass is 400 g/mol. The SMILES string of the molecule is CS(=O)(=O)Cc1ccc(C(=O)OCC(=O)N(CCC#N)c2ccccc2)cc1. The van der Waals surface area contributed by atoms with Crippen LogP contribution in [0.15, 0.2) is 54.6 Å². The number of esters is 1. The number of nitrogens with zero attached hydrogens (tertiary/aromatic N) is 2. The van der Waals surface area contributed by atoms with Crippen LogP contribution in [0.1, 0.15) is 22.3 Å². The van der Waals surface area contributed by atoms with Gasteiger partial charge in [0.2, 0.25) is 0 Å². The fraction of sp³-hybridized carbons (Fsp3) is 0.250. The molecule has 8 heteroatoms. The van der Waals surface area contributed by atoms with E-state index in [1.54, 1.807) is 24.3 Å². The first-order chi connectivity index (χ1) is 13.3. The van der Waals surface area contributed by atoms with Crippen molar-refractivity contribution in [2.75, 3.05) is 24.3 Å². The number of carbonyl (C=O) groups excluding carboxylic acids is 2. The summed E-state index contributed by atoms with van der Waals surface area (Å²) < 4.78 is 27.7. The molecule has 0 heterocycles. The van der Waals surface area contributed by atoms with E-state index in [2.05, 4.69) is 0 Å². The summed E-state index contributed by atoms with van der Waals surface area (Å²) in [5, 5.41) is 8.79. The van der Waals surface area contributed by atoms with Gasteiger partial charge in [0.25, 0.3) is 5.91 Å². The van der Waals surface area contributed by atoms with Gasteiger partial charge in [-0.15, -0.1) is 0 Å². The molecule has 0 aliphatic rings. The van der Waals surface area contributed by atoms with Crippen LogP contribution in [0, 0.1) is 11.3 Å². The number of benzene rings is 2. The van der Waals surface area contributed by atoms with Gasteiger partial charge < -0.3 is 9.64 Å². The number of hydrogen-bond donors (Lipinski definition) is 0. The van der Waals surface area contributed by atoms with E-state index in [0.717, 1.165) is 6.26 Å². The van der Waals surface area contributed by atoms with E-state index in [1.807, 2.05) is 12.1 Å². The number of sulfone groups is 1. The van der Waals surface area contributed by atoms with Gasteiger partial charge in [-0.3, -0.25) is 4.79 Å². The molecule has 7 nitrogen and oxygen atoms in total. The average molecular weight is 400 g/mol. The van der Waals surface area contributed by atoms with Gasteiger partial charge in [0.1, 0.15) is 0 Å². The highest BCUT2D eigenvalue weighted by molar-refractivity contribution is 7.89. The summed E-state index contributed by atoms with van der Waals surface area (Å²) in [7, 11) is -3.16. The molecular formula is C20H20N2O5S. The van der Waals surface area contributed by atoms with Crippen molar-refractivity contribution < 1.29 is 22.7 Å². The van der Waals surface area contributed by atoms with Gasteiger partial charge in [0.05, 0.1) is 23.8 Å². The zero-order valence-electron chi connectivity index (χ0n) is 15.4. The molecule has 1 amide bonds. The van der Waals surface area contributed by atoms with Gasteiger partial charge in [0, 0.05) is 18.5 Å². The first-order valence-electron chi connectivity index (χ1n) is 8.46. The summed E-state index contributed by atoms with van der Waals surface area (Å²) in [6.45, 7) is -0.276. The summed E-state index contributed by atoms with van der Waals surface area (Å²) in [5.74, 6) is -1.25. The summed E-state index contributed by atoms with van der Waals surface area (Å²) in [6, 6.07) is 16.8. The minimum absolute atomic E-state index is 0.119. The molecule has 0 aliphatic heterocycles. The number of nitriles is 1. The van der Waals surface area contributed by atoms with Crippen molar-refractivity contribution >= 4 is 27.4 Å². The summed E-state index contributed by atoms with van der Waals surface area (Å²) in [5.41, 5.74) is 1.39. The Morgan fingerprint density at radius 3 is 2.29 bits per heavy atom. The van der Waals surface area contributed by atoms with Gasteiger partial charge in [-0.1, -0.05) is 30.3 Å². The lowest BCUT2D eigenvalue weighted by molar-refractivity contribution is -0.121. The third-order valence-corrected chi connectivity index (χ3v) is 4.62. The predicted molar refractivity (Wildman–Crippen MR) is 104 cm³/mol. The lowest BCUT2D eigenvalue weighted by Crippen LogP contribution is -2.35. The number of hydrogen-bond acceptors (Lipinski definition) is 6. The molecule has 0 unspecified atom stereocenters. The Morgan fingerprint density at radius 2 is 1.71 bits per heavy atom. The minimum atomic E-state index is -3.16. The molecule has 0 aliphatic carbocycles. The Hall–Kier alpha value is -3.18. The molecule has 0 spiro atoms. The van der Waals surface area contributed by atoms with Crippen LogP contribution in [0.3, 0.4) is 0 Å². The molecule has 28 heavy (non-hydrogen) atoms. The highest BCUT2D eigenvalue weighted by Gasteiger charge is 2.18. The molecule has 0 saturated heterocycles. The predicted octanol–water partition coefficient (Wildman–Crippen LogP) is 2.33. The molecule has 2 aromatic rings. The van der Waals surface area contributed by atoms with E-state index >= 15 is 0 Å². The average Bonchev–Trinajstić information content (AvgIpc) is 2.66. The van der Waals surface area contributed by atoms with Crippen LogP contribution < -0.4 is 4.90 Å². The summed E-state index contributed by atoms with van der Waals surface area (Å²) in [6.07, 6.45) is 1.28. The molecule has 2 aromatic carbocycles. The molecule has 0 bridgehead atoms. The highest BCUT2D eigenvalue weighted by atomic mass is 32.2. The molecule has 0 N–H and O–H groups in total. The second kappa shape index (κ2) is 9.67. The first-order valence-corrected chi connectivity index (χ1v) is 10.5. The number of rotatable bonds is 8. The maximum atomic E-state index is 12.5. The smallest absolute Gasteiger partial charge is 0.338 e. The standard InChI is InChI=1S/C20H20N2O5S/c1-28(25,26)15-16-8-10-17(11-9-16)20(24)27-14-19(23)22(13-5-12-21)18-6-3-2-4-7-18/h2-4,6-11H,5,13-15H2,1H3. The number of anilines is 1. The molecular weight excluding hydrogens is 380 g/mol. The van der Waals surface area contributed by atoms with Gasteiger partial charge in [0.15, 0.2) is 16.4 Å². The third kappa shape index (κ3) is 6.52. The van der Waals surface area contributed by atoms with Gasteiger partial charge in [-0.25, -0.2) is 13.2 Å². The van der Waals surface area contributed by atoms with Crippen LogP contribution in [0.25, 0.3) is 0 Å².